The lowest BCUT2D eigenvalue weighted by atomic mass is 10.1. The maximum absolute atomic E-state index is 13.6. The number of carbonyl (C=O) groups excluding carboxylic acids is 2. The molecular weight excluding hydrogens is 590 g/mol. The van der Waals surface area contributed by atoms with Crippen LogP contribution in [0.25, 0.3) is 16.9 Å². The number of ether oxygens (including phenoxy) is 1. The van der Waals surface area contributed by atoms with Gasteiger partial charge >= 0.3 is 6.18 Å². The van der Waals surface area contributed by atoms with Gasteiger partial charge in [0, 0.05) is 37.3 Å². The largest absolute Gasteiger partial charge is 0.489 e. The number of hydrogen-bond acceptors (Lipinski definition) is 5. The number of para-hydroxylation sites is 1. The highest BCUT2D eigenvalue weighted by atomic mass is 35.5. The number of amides is 2. The first-order valence-corrected chi connectivity index (χ1v) is 13.7. The van der Waals surface area contributed by atoms with Crippen LogP contribution in [-0.4, -0.2) is 64.3 Å². The smallest absolute Gasteiger partial charge is 0.416 e. The van der Waals surface area contributed by atoms with Gasteiger partial charge in [-0.15, -0.1) is 0 Å². The lowest BCUT2D eigenvalue weighted by Crippen LogP contribution is -2.54. The standard InChI is InChI=1S/C30H26ClF4N5O3/c1-2-43-27-25(28(41)37-39-17-15-38(16-18-39)29(42)20-9-13-22(32)14-10-20)36-40(24-6-4-3-5-23(24)31)26(27)19-7-11-21(12-8-19)30(33,34)35/h3-14H,2,15-18H2,1H3,(H,37,41). The zero-order chi connectivity index (χ0) is 30.7. The van der Waals surface area contributed by atoms with Gasteiger partial charge in [-0.25, -0.2) is 14.1 Å². The molecule has 0 atom stereocenters. The average molecular weight is 616 g/mol. The van der Waals surface area contributed by atoms with Crippen LogP contribution in [0, 0.1) is 5.82 Å². The minimum absolute atomic E-state index is 0.0739. The fourth-order valence-corrected chi connectivity index (χ4v) is 4.91. The van der Waals surface area contributed by atoms with E-state index >= 15 is 0 Å². The molecule has 0 saturated carbocycles. The molecule has 8 nitrogen and oxygen atoms in total. The maximum Gasteiger partial charge on any atom is 0.416 e. The number of carbonyl (C=O) groups is 2. The Kier molecular flexibility index (Phi) is 8.69. The molecule has 0 spiro atoms. The summed E-state index contributed by atoms with van der Waals surface area (Å²) >= 11 is 6.46. The zero-order valence-electron chi connectivity index (χ0n) is 22.9. The monoisotopic (exact) mass is 615 g/mol. The average Bonchev–Trinajstić information content (AvgIpc) is 3.36. The maximum atomic E-state index is 13.6. The highest BCUT2D eigenvalue weighted by Gasteiger charge is 2.32. The van der Waals surface area contributed by atoms with E-state index < -0.39 is 23.5 Å². The zero-order valence-corrected chi connectivity index (χ0v) is 23.6. The molecule has 4 aromatic rings. The van der Waals surface area contributed by atoms with Crippen molar-refractivity contribution in [3.05, 3.63) is 100 Å². The van der Waals surface area contributed by atoms with E-state index in [9.17, 15) is 27.2 Å². The van der Waals surface area contributed by atoms with E-state index in [4.69, 9.17) is 16.3 Å². The molecule has 0 unspecified atom stereocenters. The topological polar surface area (TPSA) is 79.7 Å². The molecule has 2 amide bonds. The first-order valence-electron chi connectivity index (χ1n) is 13.4. The Bertz CT molecular complexity index is 1620. The van der Waals surface area contributed by atoms with E-state index in [0.717, 1.165) is 12.1 Å². The number of piperazine rings is 1. The van der Waals surface area contributed by atoms with Gasteiger partial charge in [0.25, 0.3) is 11.8 Å². The molecule has 43 heavy (non-hydrogen) atoms. The van der Waals surface area contributed by atoms with Gasteiger partial charge in [-0.3, -0.25) is 15.0 Å². The number of hydrazine groups is 1. The Balaban J connectivity index is 1.42. The SMILES string of the molecule is CCOc1c(C(=O)NN2CCN(C(=O)c3ccc(F)cc3)CC2)nn(-c2ccccc2Cl)c1-c1ccc(C(F)(F)F)cc1. The fourth-order valence-electron chi connectivity index (χ4n) is 4.69. The van der Waals surface area contributed by atoms with E-state index in [0.29, 0.717) is 48.0 Å². The van der Waals surface area contributed by atoms with Crippen LogP contribution in [-0.2, 0) is 6.18 Å². The van der Waals surface area contributed by atoms with Gasteiger partial charge in [-0.05, 0) is 55.5 Å². The summed E-state index contributed by atoms with van der Waals surface area (Å²) in [6, 6.07) is 16.5. The number of benzene rings is 3. The minimum Gasteiger partial charge on any atom is -0.489 e. The number of nitrogens with one attached hydrogen (secondary N) is 1. The van der Waals surface area contributed by atoms with Crippen LogP contribution >= 0.6 is 11.6 Å². The van der Waals surface area contributed by atoms with Crippen molar-refractivity contribution in [3.63, 3.8) is 0 Å². The minimum atomic E-state index is -4.52. The Hall–Kier alpha value is -4.42. The normalized spacial score (nSPS) is 14.0. The van der Waals surface area contributed by atoms with E-state index in [2.05, 4.69) is 10.5 Å². The first kappa shape index (κ1) is 30.1. The summed E-state index contributed by atoms with van der Waals surface area (Å²) in [4.78, 5) is 28.0. The van der Waals surface area contributed by atoms with Gasteiger partial charge in [0.05, 0.1) is 22.9 Å². The van der Waals surface area contributed by atoms with Crippen LogP contribution in [0.15, 0.2) is 72.8 Å². The lowest BCUT2D eigenvalue weighted by molar-refractivity contribution is -0.137. The predicted molar refractivity (Wildman–Crippen MR) is 152 cm³/mol. The molecule has 1 N–H and O–H groups in total. The molecule has 1 aliphatic rings. The second kappa shape index (κ2) is 12.4. The molecule has 224 valence electrons. The molecule has 1 saturated heterocycles. The third-order valence-corrected chi connectivity index (χ3v) is 7.15. The van der Waals surface area contributed by atoms with Gasteiger partial charge in [0.1, 0.15) is 11.5 Å². The highest BCUT2D eigenvalue weighted by molar-refractivity contribution is 6.32. The van der Waals surface area contributed by atoms with Crippen LogP contribution in [0.5, 0.6) is 5.75 Å². The summed E-state index contributed by atoms with van der Waals surface area (Å²) in [5.74, 6) is -1.22. The van der Waals surface area contributed by atoms with Crippen molar-refractivity contribution in [2.24, 2.45) is 0 Å². The lowest BCUT2D eigenvalue weighted by Gasteiger charge is -2.34. The highest BCUT2D eigenvalue weighted by Crippen LogP contribution is 2.39. The molecular formula is C30H26ClF4N5O3. The van der Waals surface area contributed by atoms with Crippen LogP contribution in [0.1, 0.15) is 33.3 Å². The second-order valence-electron chi connectivity index (χ2n) is 9.62. The third-order valence-electron chi connectivity index (χ3n) is 6.83. The van der Waals surface area contributed by atoms with E-state index in [1.54, 1.807) is 41.1 Å². The van der Waals surface area contributed by atoms with E-state index in [1.165, 1.54) is 41.1 Å². The van der Waals surface area contributed by atoms with Gasteiger partial charge in [0.15, 0.2) is 11.4 Å². The molecule has 1 aromatic heterocycles. The summed E-state index contributed by atoms with van der Waals surface area (Å²) < 4.78 is 60.3. The molecule has 2 heterocycles. The number of hydrogen-bond donors (Lipinski definition) is 1. The summed E-state index contributed by atoms with van der Waals surface area (Å²) in [6.45, 7) is 3.08. The van der Waals surface area contributed by atoms with Crippen molar-refractivity contribution >= 4 is 23.4 Å². The summed E-state index contributed by atoms with van der Waals surface area (Å²) in [5.41, 5.74) is 3.22. The number of rotatable bonds is 7. The Morgan fingerprint density at radius 3 is 2.21 bits per heavy atom. The number of nitrogens with zero attached hydrogens (tertiary/aromatic N) is 4. The van der Waals surface area contributed by atoms with Crippen LogP contribution in [0.3, 0.4) is 0 Å². The van der Waals surface area contributed by atoms with Crippen LogP contribution < -0.4 is 10.2 Å². The van der Waals surface area contributed by atoms with Crippen molar-refractivity contribution in [1.82, 2.24) is 25.1 Å². The summed E-state index contributed by atoms with van der Waals surface area (Å²) in [5, 5.41) is 6.45. The van der Waals surface area contributed by atoms with E-state index in [-0.39, 0.29) is 29.7 Å². The van der Waals surface area contributed by atoms with Crippen LogP contribution in [0.4, 0.5) is 17.6 Å². The van der Waals surface area contributed by atoms with Crippen molar-refractivity contribution in [3.8, 4) is 22.7 Å². The Morgan fingerprint density at radius 2 is 1.60 bits per heavy atom. The van der Waals surface area contributed by atoms with E-state index in [1.807, 2.05) is 0 Å². The third kappa shape index (κ3) is 6.50. The molecule has 1 aliphatic heterocycles. The second-order valence-corrected chi connectivity index (χ2v) is 10.0. The molecule has 13 heteroatoms. The van der Waals surface area contributed by atoms with Gasteiger partial charge in [-0.1, -0.05) is 35.9 Å². The van der Waals surface area contributed by atoms with Crippen LogP contribution in [0.2, 0.25) is 5.02 Å². The van der Waals surface area contributed by atoms with Gasteiger partial charge in [-0.2, -0.15) is 18.3 Å². The van der Waals surface area contributed by atoms with Crippen molar-refractivity contribution in [2.75, 3.05) is 32.8 Å². The molecule has 5 rings (SSSR count). The number of halogens is 5. The molecule has 1 fully saturated rings. The van der Waals surface area contributed by atoms with Crippen molar-refractivity contribution in [2.45, 2.75) is 13.1 Å². The first-order chi connectivity index (χ1) is 20.6. The predicted octanol–water partition coefficient (Wildman–Crippen LogP) is 5.85. The summed E-state index contributed by atoms with van der Waals surface area (Å²) in [7, 11) is 0. The van der Waals surface area contributed by atoms with Crippen molar-refractivity contribution < 1.29 is 31.9 Å². The molecule has 3 aromatic carbocycles. The Morgan fingerprint density at radius 1 is 0.953 bits per heavy atom. The fraction of sp³-hybridized carbons (Fsp3) is 0.233. The molecule has 0 aliphatic carbocycles. The summed E-state index contributed by atoms with van der Waals surface area (Å²) in [6.07, 6.45) is -4.52. The molecule has 0 bridgehead atoms. The van der Waals surface area contributed by atoms with Gasteiger partial charge in [0.2, 0.25) is 0 Å². The van der Waals surface area contributed by atoms with Gasteiger partial charge < -0.3 is 9.64 Å². The molecule has 0 radical (unpaired) electrons. The quantitative estimate of drug-likeness (QED) is 0.264. The Labute approximate surface area is 249 Å². The number of alkyl halides is 3. The number of aromatic nitrogens is 2. The van der Waals surface area contributed by atoms with Crippen molar-refractivity contribution in [1.29, 1.82) is 0 Å².